The summed E-state index contributed by atoms with van der Waals surface area (Å²) in [7, 11) is 0. The Balaban J connectivity index is 0.000000158. The zero-order chi connectivity index (χ0) is 42.7. The Morgan fingerprint density at radius 1 is 0.548 bits per heavy atom. The number of pyridine rings is 2. The molecule has 0 saturated heterocycles. The van der Waals surface area contributed by atoms with E-state index in [4.69, 9.17) is 43.4 Å². The minimum atomic E-state index is 0.252. The van der Waals surface area contributed by atoms with E-state index in [-0.39, 0.29) is 11.8 Å². The van der Waals surface area contributed by atoms with E-state index in [0.29, 0.717) is 0 Å². The summed E-state index contributed by atoms with van der Waals surface area (Å²) in [5.41, 5.74) is 8.60. The van der Waals surface area contributed by atoms with Gasteiger partial charge in [0.05, 0.1) is 11.4 Å². The quantitative estimate of drug-likeness (QED) is 0.148. The molecule has 0 fully saturated rings. The van der Waals surface area contributed by atoms with Crippen LogP contribution in [0.2, 0.25) is 10.0 Å². The predicted molar refractivity (Wildman–Crippen MR) is 245 cm³/mol. The van der Waals surface area contributed by atoms with Crippen LogP contribution in [0, 0.1) is 27.7 Å². The highest BCUT2D eigenvalue weighted by atomic mass is 35.5. The number of aromatic nitrogens is 12. The summed E-state index contributed by atoms with van der Waals surface area (Å²) in [5, 5.41) is 10.9. The molecule has 0 aliphatic carbocycles. The van der Waals surface area contributed by atoms with Crippen molar-refractivity contribution in [3.05, 3.63) is 176 Å². The monoisotopic (exact) mass is 860 g/mol. The van der Waals surface area contributed by atoms with Gasteiger partial charge in [-0.3, -0.25) is 9.13 Å². The second-order valence-electron chi connectivity index (χ2n) is 15.9. The molecule has 8 aromatic rings. The van der Waals surface area contributed by atoms with Gasteiger partial charge in [-0.05, 0) is 147 Å². The van der Waals surface area contributed by atoms with Crippen LogP contribution in [0.1, 0.15) is 106 Å². The molecule has 62 heavy (non-hydrogen) atoms. The van der Waals surface area contributed by atoms with E-state index in [1.807, 2.05) is 106 Å². The Morgan fingerprint density at radius 3 is 1.34 bits per heavy atom. The SMILES string of the molecule is Cc1cn(-c2ncc(/C=C/c3nc4n(n3)CCC[C@@H]4c3ccc(Cl)cc3)cc2C)cn1.Cc1cn(-c2ncc(/C=C/c3nc4n(n3)CCC[C@H]4c3ccc(Cl)cc3)cc2C)cn1. The van der Waals surface area contributed by atoms with Crippen molar-refractivity contribution in [1.82, 2.24) is 58.6 Å². The molecule has 0 bridgehead atoms. The first-order valence-electron chi connectivity index (χ1n) is 20.9. The van der Waals surface area contributed by atoms with E-state index in [0.717, 1.165) is 117 Å². The molecule has 12 nitrogen and oxygen atoms in total. The van der Waals surface area contributed by atoms with Gasteiger partial charge in [-0.2, -0.15) is 10.2 Å². The molecular formula is C48H46Cl2N12. The summed E-state index contributed by atoms with van der Waals surface area (Å²) < 4.78 is 7.97. The maximum absolute atomic E-state index is 6.06. The molecule has 0 amide bonds. The summed E-state index contributed by atoms with van der Waals surface area (Å²) in [6.07, 6.45) is 23.5. The number of imidazole rings is 2. The summed E-state index contributed by atoms with van der Waals surface area (Å²) in [6, 6.07) is 20.3. The topological polar surface area (TPSA) is 123 Å². The lowest BCUT2D eigenvalue weighted by Crippen LogP contribution is -2.17. The first-order valence-corrected chi connectivity index (χ1v) is 21.6. The molecule has 14 heteroatoms. The van der Waals surface area contributed by atoms with Gasteiger partial charge in [0.1, 0.15) is 35.9 Å². The number of fused-ring (bicyclic) bond motifs is 2. The average molecular weight is 862 g/mol. The molecule has 0 spiro atoms. The van der Waals surface area contributed by atoms with Gasteiger partial charge >= 0.3 is 0 Å². The van der Waals surface area contributed by atoms with Crippen LogP contribution in [0.5, 0.6) is 0 Å². The van der Waals surface area contributed by atoms with Crippen molar-refractivity contribution >= 4 is 47.5 Å². The highest BCUT2D eigenvalue weighted by Gasteiger charge is 2.26. The van der Waals surface area contributed by atoms with Crippen LogP contribution in [0.15, 0.2) is 98.1 Å². The second-order valence-corrected chi connectivity index (χ2v) is 16.8. The number of benzene rings is 2. The Kier molecular flexibility index (Phi) is 11.8. The third-order valence-electron chi connectivity index (χ3n) is 11.2. The number of hydrogen-bond donors (Lipinski definition) is 0. The molecule has 0 saturated carbocycles. The summed E-state index contributed by atoms with van der Waals surface area (Å²) in [4.78, 5) is 27.5. The van der Waals surface area contributed by atoms with Gasteiger partial charge in [0, 0.05) is 59.8 Å². The van der Waals surface area contributed by atoms with Crippen LogP contribution in [0.3, 0.4) is 0 Å². The van der Waals surface area contributed by atoms with E-state index < -0.39 is 0 Å². The van der Waals surface area contributed by atoms with Crippen LogP contribution < -0.4 is 0 Å². The molecule has 0 radical (unpaired) electrons. The predicted octanol–water partition coefficient (Wildman–Crippen LogP) is 10.5. The molecule has 8 heterocycles. The van der Waals surface area contributed by atoms with Gasteiger partial charge in [-0.15, -0.1) is 0 Å². The van der Waals surface area contributed by atoms with E-state index in [1.54, 1.807) is 12.7 Å². The fourth-order valence-corrected chi connectivity index (χ4v) is 8.47. The van der Waals surface area contributed by atoms with Crippen LogP contribution >= 0.6 is 23.2 Å². The highest BCUT2D eigenvalue weighted by molar-refractivity contribution is 6.30. The molecule has 0 unspecified atom stereocenters. The molecule has 2 atom stereocenters. The van der Waals surface area contributed by atoms with Crippen LogP contribution in [-0.4, -0.2) is 58.6 Å². The van der Waals surface area contributed by atoms with Gasteiger partial charge in [-0.1, -0.05) is 47.5 Å². The highest BCUT2D eigenvalue weighted by Crippen LogP contribution is 2.34. The number of aryl methyl sites for hydroxylation is 6. The molecule has 0 N–H and O–H groups in total. The van der Waals surface area contributed by atoms with E-state index in [9.17, 15) is 0 Å². The van der Waals surface area contributed by atoms with Gasteiger partial charge in [0.25, 0.3) is 0 Å². The van der Waals surface area contributed by atoms with Crippen molar-refractivity contribution in [2.45, 2.75) is 78.3 Å². The van der Waals surface area contributed by atoms with E-state index in [2.05, 4.69) is 70.2 Å². The van der Waals surface area contributed by atoms with Crippen molar-refractivity contribution in [3.8, 4) is 11.6 Å². The number of rotatable bonds is 8. The van der Waals surface area contributed by atoms with Gasteiger partial charge in [0.2, 0.25) is 0 Å². The second kappa shape index (κ2) is 17.8. The van der Waals surface area contributed by atoms with Gasteiger partial charge in [-0.25, -0.2) is 39.3 Å². The van der Waals surface area contributed by atoms with Crippen molar-refractivity contribution in [2.75, 3.05) is 0 Å². The molecule has 2 aliphatic rings. The largest absolute Gasteiger partial charge is 0.290 e. The smallest absolute Gasteiger partial charge is 0.174 e. The summed E-state index contributed by atoms with van der Waals surface area (Å²) >= 11 is 12.1. The van der Waals surface area contributed by atoms with Crippen molar-refractivity contribution < 1.29 is 0 Å². The Labute approximate surface area is 370 Å². The minimum Gasteiger partial charge on any atom is -0.290 e. The maximum Gasteiger partial charge on any atom is 0.174 e. The van der Waals surface area contributed by atoms with Gasteiger partial charge < -0.3 is 0 Å². The van der Waals surface area contributed by atoms with Crippen LogP contribution in [0.25, 0.3) is 35.9 Å². The Hall–Kier alpha value is -6.50. The lowest BCUT2D eigenvalue weighted by atomic mass is 9.91. The number of nitrogens with zero attached hydrogens (tertiary/aromatic N) is 12. The molecule has 10 rings (SSSR count). The van der Waals surface area contributed by atoms with E-state index in [1.165, 1.54) is 11.1 Å². The zero-order valence-electron chi connectivity index (χ0n) is 35.1. The lowest BCUT2D eigenvalue weighted by molar-refractivity contribution is 0.445. The van der Waals surface area contributed by atoms with E-state index >= 15 is 0 Å². The molecule has 312 valence electrons. The average Bonchev–Trinajstić information content (AvgIpc) is 4.10. The van der Waals surface area contributed by atoms with Crippen molar-refractivity contribution in [1.29, 1.82) is 0 Å². The minimum absolute atomic E-state index is 0.252. The number of hydrogen-bond acceptors (Lipinski definition) is 8. The van der Waals surface area contributed by atoms with Gasteiger partial charge in [0.15, 0.2) is 11.6 Å². The molecule has 2 aliphatic heterocycles. The number of halogens is 2. The molecule has 2 aromatic carbocycles. The van der Waals surface area contributed by atoms with Crippen molar-refractivity contribution in [3.63, 3.8) is 0 Å². The van der Waals surface area contributed by atoms with Crippen LogP contribution in [0.4, 0.5) is 0 Å². The fourth-order valence-electron chi connectivity index (χ4n) is 8.22. The lowest BCUT2D eigenvalue weighted by Gasteiger charge is -2.22. The molecular weight excluding hydrogens is 816 g/mol. The fraction of sp³-hybridized carbons (Fsp3) is 0.250. The first kappa shape index (κ1) is 40.9. The standard InChI is InChI=1S/2C24H23ClN6/c2*1-16-12-18(13-26-23(16)30-14-17(2)27-15-30)5-10-22-28-24-21(4-3-11-31(24)29-22)19-6-8-20(25)9-7-19/h2*5-10,12-15,21H,3-4,11H2,1-2H3/b2*10-5+/t2*21-/m10/s1. The third kappa shape index (κ3) is 9.07. The van der Waals surface area contributed by atoms with Crippen LogP contribution in [-0.2, 0) is 13.1 Å². The Bertz CT molecular complexity index is 2700. The normalized spacial score (nSPS) is 16.0. The maximum atomic E-state index is 6.06. The summed E-state index contributed by atoms with van der Waals surface area (Å²) in [6.45, 7) is 9.86. The summed E-state index contributed by atoms with van der Waals surface area (Å²) in [5.74, 6) is 5.77. The third-order valence-corrected chi connectivity index (χ3v) is 11.7. The van der Waals surface area contributed by atoms with Crippen molar-refractivity contribution in [2.24, 2.45) is 0 Å². The molecule has 6 aromatic heterocycles. The first-order chi connectivity index (χ1) is 30.1. The Morgan fingerprint density at radius 2 is 0.968 bits per heavy atom. The zero-order valence-corrected chi connectivity index (χ0v) is 36.6.